The molecule has 4 N–H and O–H groups in total. The molecule has 14 heavy (non-hydrogen) atoms. The molecule has 0 atom stereocenters. The minimum Gasteiger partial charge on any atom is -0.352 e. The highest BCUT2D eigenvalue weighted by Crippen LogP contribution is 2.07. The predicted octanol–water partition coefficient (Wildman–Crippen LogP) is 0.209. The summed E-state index contributed by atoms with van der Waals surface area (Å²) in [4.78, 5) is 14.6. The number of hydrogen-bond donors (Lipinski definition) is 3. The second-order valence-electron chi connectivity index (χ2n) is 2.85. The normalized spacial score (nSPS) is 10.1. The number of amides is 2. The number of carbonyl (C=O) groups is 1. The summed E-state index contributed by atoms with van der Waals surface area (Å²) in [6, 6.07) is -0.489. The molecule has 1 aromatic rings. The highest BCUT2D eigenvalue weighted by molar-refractivity contribution is 7.09. The zero-order chi connectivity index (χ0) is 10.4. The van der Waals surface area contributed by atoms with E-state index in [1.54, 1.807) is 11.3 Å². The Morgan fingerprint density at radius 1 is 1.64 bits per heavy atom. The van der Waals surface area contributed by atoms with Crippen LogP contribution in [0.3, 0.4) is 0 Å². The molecule has 0 saturated heterocycles. The van der Waals surface area contributed by atoms with Crippen molar-refractivity contribution in [1.29, 1.82) is 0 Å². The SMILES string of the molecule is Cc1csc(CNCCNC(N)=O)n1. The molecule has 0 spiro atoms. The van der Waals surface area contributed by atoms with E-state index in [4.69, 9.17) is 5.73 Å². The highest BCUT2D eigenvalue weighted by atomic mass is 32.1. The Morgan fingerprint density at radius 2 is 2.43 bits per heavy atom. The topological polar surface area (TPSA) is 80.0 Å². The van der Waals surface area contributed by atoms with Gasteiger partial charge in [0.15, 0.2) is 0 Å². The Kier molecular flexibility index (Phi) is 4.34. The summed E-state index contributed by atoms with van der Waals surface area (Å²) in [5.41, 5.74) is 5.94. The van der Waals surface area contributed by atoms with E-state index in [9.17, 15) is 4.79 Å². The first-order chi connectivity index (χ1) is 6.68. The molecule has 0 bridgehead atoms. The van der Waals surface area contributed by atoms with Crippen molar-refractivity contribution >= 4 is 17.4 Å². The van der Waals surface area contributed by atoms with Crippen molar-refractivity contribution in [2.24, 2.45) is 5.73 Å². The van der Waals surface area contributed by atoms with Crippen LogP contribution in [0.4, 0.5) is 4.79 Å². The van der Waals surface area contributed by atoms with E-state index >= 15 is 0 Å². The van der Waals surface area contributed by atoms with Crippen molar-refractivity contribution in [3.63, 3.8) is 0 Å². The molecule has 1 aromatic heterocycles. The monoisotopic (exact) mass is 214 g/mol. The third kappa shape index (κ3) is 4.20. The van der Waals surface area contributed by atoms with Gasteiger partial charge in [-0.3, -0.25) is 0 Å². The lowest BCUT2D eigenvalue weighted by molar-refractivity contribution is 0.249. The predicted molar refractivity (Wildman–Crippen MR) is 56.1 cm³/mol. The van der Waals surface area contributed by atoms with E-state index in [1.165, 1.54) is 0 Å². The fraction of sp³-hybridized carbons (Fsp3) is 0.500. The summed E-state index contributed by atoms with van der Waals surface area (Å²) >= 11 is 1.63. The van der Waals surface area contributed by atoms with E-state index in [1.807, 2.05) is 12.3 Å². The minimum absolute atomic E-state index is 0.489. The van der Waals surface area contributed by atoms with Gasteiger partial charge in [0.2, 0.25) is 0 Å². The molecule has 0 aromatic carbocycles. The Balaban J connectivity index is 2.07. The maximum absolute atomic E-state index is 10.3. The number of thiazole rings is 1. The number of nitrogens with one attached hydrogen (secondary N) is 2. The van der Waals surface area contributed by atoms with Crippen LogP contribution in [-0.4, -0.2) is 24.1 Å². The molecule has 0 unspecified atom stereocenters. The van der Waals surface area contributed by atoms with E-state index in [0.29, 0.717) is 13.1 Å². The lowest BCUT2D eigenvalue weighted by atomic mass is 10.5. The van der Waals surface area contributed by atoms with Gasteiger partial charge >= 0.3 is 6.03 Å². The molecule has 78 valence electrons. The van der Waals surface area contributed by atoms with E-state index in [0.717, 1.165) is 17.2 Å². The van der Waals surface area contributed by atoms with Gasteiger partial charge in [-0.05, 0) is 6.92 Å². The Hall–Kier alpha value is -1.14. The quantitative estimate of drug-likeness (QED) is 0.613. The zero-order valence-corrected chi connectivity index (χ0v) is 8.86. The molecule has 0 aliphatic carbocycles. The second-order valence-corrected chi connectivity index (χ2v) is 3.79. The lowest BCUT2D eigenvalue weighted by Gasteiger charge is -2.02. The third-order valence-corrected chi connectivity index (χ3v) is 2.51. The van der Waals surface area contributed by atoms with Gasteiger partial charge in [-0.1, -0.05) is 0 Å². The number of hydrogen-bond acceptors (Lipinski definition) is 4. The summed E-state index contributed by atoms with van der Waals surface area (Å²) in [6.07, 6.45) is 0. The average molecular weight is 214 g/mol. The maximum atomic E-state index is 10.3. The highest BCUT2D eigenvalue weighted by Gasteiger charge is 1.97. The van der Waals surface area contributed by atoms with Gasteiger partial charge in [-0.15, -0.1) is 11.3 Å². The first-order valence-electron chi connectivity index (χ1n) is 4.33. The molecule has 0 saturated carbocycles. The van der Waals surface area contributed by atoms with Crippen LogP contribution in [0.5, 0.6) is 0 Å². The van der Waals surface area contributed by atoms with Gasteiger partial charge in [0, 0.05) is 30.7 Å². The van der Waals surface area contributed by atoms with Crippen molar-refractivity contribution in [2.45, 2.75) is 13.5 Å². The summed E-state index contributed by atoms with van der Waals surface area (Å²) in [7, 11) is 0. The van der Waals surface area contributed by atoms with Gasteiger partial charge in [0.05, 0.1) is 0 Å². The largest absolute Gasteiger partial charge is 0.352 e. The molecular formula is C8H14N4OS. The van der Waals surface area contributed by atoms with Crippen molar-refractivity contribution in [3.05, 3.63) is 16.1 Å². The van der Waals surface area contributed by atoms with Crippen LogP contribution >= 0.6 is 11.3 Å². The third-order valence-electron chi connectivity index (χ3n) is 1.54. The summed E-state index contributed by atoms with van der Waals surface area (Å²) in [5, 5.41) is 8.71. The van der Waals surface area contributed by atoms with Crippen molar-refractivity contribution in [1.82, 2.24) is 15.6 Å². The smallest absolute Gasteiger partial charge is 0.312 e. The average Bonchev–Trinajstić information content (AvgIpc) is 2.50. The van der Waals surface area contributed by atoms with Gasteiger partial charge < -0.3 is 16.4 Å². The maximum Gasteiger partial charge on any atom is 0.312 e. The molecule has 5 nitrogen and oxygen atoms in total. The van der Waals surface area contributed by atoms with E-state index in [2.05, 4.69) is 15.6 Å². The number of aryl methyl sites for hydroxylation is 1. The van der Waals surface area contributed by atoms with Crippen molar-refractivity contribution in [2.75, 3.05) is 13.1 Å². The first kappa shape index (κ1) is 10.9. The van der Waals surface area contributed by atoms with Crippen LogP contribution in [0, 0.1) is 6.92 Å². The molecule has 1 rings (SSSR count). The lowest BCUT2D eigenvalue weighted by Crippen LogP contribution is -2.35. The van der Waals surface area contributed by atoms with Crippen LogP contribution in [0.1, 0.15) is 10.7 Å². The van der Waals surface area contributed by atoms with Crippen LogP contribution in [0.15, 0.2) is 5.38 Å². The number of carbonyl (C=O) groups excluding carboxylic acids is 1. The Bertz CT molecular complexity index is 299. The molecule has 1 heterocycles. The molecule has 2 amide bonds. The van der Waals surface area contributed by atoms with Gasteiger partial charge in [-0.25, -0.2) is 9.78 Å². The van der Waals surface area contributed by atoms with Crippen molar-refractivity contribution in [3.8, 4) is 0 Å². The molecule has 0 fully saturated rings. The molecule has 0 radical (unpaired) electrons. The standard InChI is InChI=1S/C8H14N4OS/c1-6-5-14-7(12-6)4-10-2-3-11-8(9)13/h5,10H,2-4H2,1H3,(H3,9,11,13). The van der Waals surface area contributed by atoms with E-state index < -0.39 is 6.03 Å². The number of nitrogens with two attached hydrogens (primary N) is 1. The number of rotatable bonds is 5. The first-order valence-corrected chi connectivity index (χ1v) is 5.21. The van der Waals surface area contributed by atoms with E-state index in [-0.39, 0.29) is 0 Å². The summed E-state index contributed by atoms with van der Waals surface area (Å²) < 4.78 is 0. The van der Waals surface area contributed by atoms with Crippen LogP contribution in [0.2, 0.25) is 0 Å². The Morgan fingerprint density at radius 3 is 3.00 bits per heavy atom. The fourth-order valence-corrected chi connectivity index (χ4v) is 1.69. The summed E-state index contributed by atoms with van der Waals surface area (Å²) in [6.45, 7) is 3.94. The van der Waals surface area contributed by atoms with Gasteiger partial charge in [0.1, 0.15) is 5.01 Å². The number of urea groups is 1. The van der Waals surface area contributed by atoms with Gasteiger partial charge in [0.25, 0.3) is 0 Å². The number of primary amides is 1. The van der Waals surface area contributed by atoms with Crippen LogP contribution < -0.4 is 16.4 Å². The van der Waals surface area contributed by atoms with Crippen molar-refractivity contribution < 1.29 is 4.79 Å². The van der Waals surface area contributed by atoms with Crippen LogP contribution in [0.25, 0.3) is 0 Å². The molecular weight excluding hydrogens is 200 g/mol. The molecule has 0 aliphatic heterocycles. The fourth-order valence-electron chi connectivity index (χ4n) is 0.953. The molecule has 6 heteroatoms. The summed E-state index contributed by atoms with van der Waals surface area (Å²) in [5.74, 6) is 0. The van der Waals surface area contributed by atoms with Gasteiger partial charge in [-0.2, -0.15) is 0 Å². The number of aromatic nitrogens is 1. The van der Waals surface area contributed by atoms with Crippen LogP contribution in [-0.2, 0) is 6.54 Å². The molecule has 0 aliphatic rings. The second kappa shape index (κ2) is 5.56. The zero-order valence-electron chi connectivity index (χ0n) is 8.04. The number of nitrogens with zero attached hydrogens (tertiary/aromatic N) is 1. The Labute approximate surface area is 86.7 Å². The minimum atomic E-state index is -0.489.